The molecule has 1 amide bonds. The van der Waals surface area contributed by atoms with Crippen molar-refractivity contribution in [1.82, 2.24) is 30.0 Å². The number of allylic oxidation sites excluding steroid dienone is 1. The van der Waals surface area contributed by atoms with Crippen LogP contribution < -0.4 is 16.4 Å². The molecular formula is C24H25N9O2. The van der Waals surface area contributed by atoms with E-state index in [0.717, 1.165) is 22.4 Å². The minimum absolute atomic E-state index is 0.200. The van der Waals surface area contributed by atoms with E-state index in [1.807, 2.05) is 41.8 Å². The quantitative estimate of drug-likeness (QED) is 0.275. The highest BCUT2D eigenvalue weighted by Crippen LogP contribution is 2.25. The number of ether oxygens (including phenoxy) is 1. The van der Waals surface area contributed by atoms with E-state index in [-0.39, 0.29) is 17.6 Å². The number of aliphatic imine (C=N–C) groups is 1. The van der Waals surface area contributed by atoms with Gasteiger partial charge in [-0.3, -0.25) is 9.36 Å². The molecule has 4 aromatic rings. The summed E-state index contributed by atoms with van der Waals surface area (Å²) in [6.07, 6.45) is 3.23. The Morgan fingerprint density at radius 2 is 2.00 bits per heavy atom. The fourth-order valence-electron chi connectivity index (χ4n) is 3.32. The number of carbonyl (C=O) groups is 1. The molecule has 4 rings (SSSR count). The first-order chi connectivity index (χ1) is 16.9. The van der Waals surface area contributed by atoms with E-state index in [4.69, 9.17) is 10.5 Å². The van der Waals surface area contributed by atoms with Gasteiger partial charge < -0.3 is 21.1 Å². The van der Waals surface area contributed by atoms with Gasteiger partial charge in [0, 0.05) is 24.5 Å². The number of nitrogens with zero attached hydrogens (tertiary/aromatic N) is 6. The van der Waals surface area contributed by atoms with Crippen molar-refractivity contribution < 1.29 is 9.53 Å². The van der Waals surface area contributed by atoms with Crippen LogP contribution in [0.5, 0.6) is 0 Å². The standard InChI is InChI=1S/C24H25N9O2/c1-14-5-9-21(32-31-14)29-16-6-8-19-18(12-16)27-13-33(19)22-10-7-17(24(34)26-3)23(30-22)28-15(2)11-20(25)35-4/h5-13H,25H2,1-4H3,(H,26,34)(H,29,32). The van der Waals surface area contributed by atoms with E-state index in [0.29, 0.717) is 22.9 Å². The van der Waals surface area contributed by atoms with Gasteiger partial charge in [-0.15, -0.1) is 5.10 Å². The number of hydrogen-bond donors (Lipinski definition) is 3. The Kier molecular flexibility index (Phi) is 6.67. The van der Waals surface area contributed by atoms with E-state index in [2.05, 4.69) is 35.8 Å². The fourth-order valence-corrected chi connectivity index (χ4v) is 3.32. The van der Waals surface area contributed by atoms with E-state index in [1.54, 1.807) is 38.5 Å². The van der Waals surface area contributed by atoms with Crippen LogP contribution in [0.2, 0.25) is 0 Å². The van der Waals surface area contributed by atoms with Gasteiger partial charge in [0.05, 0.1) is 29.4 Å². The highest BCUT2D eigenvalue weighted by Gasteiger charge is 2.15. The molecule has 0 atom stereocenters. The summed E-state index contributed by atoms with van der Waals surface area (Å²) in [5.74, 6) is 1.34. The average Bonchev–Trinajstić information content (AvgIpc) is 3.28. The number of amides is 1. The number of pyridine rings is 1. The molecule has 0 spiro atoms. The molecule has 35 heavy (non-hydrogen) atoms. The predicted octanol–water partition coefficient (Wildman–Crippen LogP) is 3.16. The summed E-state index contributed by atoms with van der Waals surface area (Å²) in [5, 5.41) is 14.0. The van der Waals surface area contributed by atoms with Gasteiger partial charge in [-0.05, 0) is 56.3 Å². The first-order valence-electron chi connectivity index (χ1n) is 10.7. The number of hydrogen-bond acceptors (Lipinski definition) is 9. The molecule has 0 aliphatic carbocycles. The van der Waals surface area contributed by atoms with Gasteiger partial charge in [0.25, 0.3) is 5.91 Å². The first-order valence-corrected chi connectivity index (χ1v) is 10.7. The van der Waals surface area contributed by atoms with Crippen molar-refractivity contribution in [2.45, 2.75) is 13.8 Å². The van der Waals surface area contributed by atoms with Crippen LogP contribution in [-0.2, 0) is 4.74 Å². The number of imidazole rings is 1. The molecule has 11 nitrogen and oxygen atoms in total. The summed E-state index contributed by atoms with van der Waals surface area (Å²) in [7, 11) is 3.02. The molecule has 0 bridgehead atoms. The zero-order valence-corrected chi connectivity index (χ0v) is 19.8. The van der Waals surface area contributed by atoms with Gasteiger partial charge in [0.1, 0.15) is 12.1 Å². The van der Waals surface area contributed by atoms with Crippen molar-refractivity contribution in [3.8, 4) is 5.82 Å². The second-order valence-corrected chi connectivity index (χ2v) is 7.63. The molecule has 178 valence electrons. The number of rotatable bonds is 7. The van der Waals surface area contributed by atoms with Gasteiger partial charge in [-0.2, -0.15) is 5.10 Å². The first kappa shape index (κ1) is 23.4. The lowest BCUT2D eigenvalue weighted by atomic mass is 10.2. The summed E-state index contributed by atoms with van der Waals surface area (Å²) in [6, 6.07) is 12.9. The van der Waals surface area contributed by atoms with Gasteiger partial charge in [-0.1, -0.05) is 0 Å². The summed E-state index contributed by atoms with van der Waals surface area (Å²) >= 11 is 0. The van der Waals surface area contributed by atoms with Gasteiger partial charge in [-0.25, -0.2) is 15.0 Å². The molecule has 3 heterocycles. The number of aryl methyl sites for hydroxylation is 1. The summed E-state index contributed by atoms with van der Waals surface area (Å²) in [4.78, 5) is 26.0. The third-order valence-electron chi connectivity index (χ3n) is 5.07. The monoisotopic (exact) mass is 471 g/mol. The molecule has 4 N–H and O–H groups in total. The Balaban J connectivity index is 1.71. The Hall–Kier alpha value is -4.80. The Bertz CT molecular complexity index is 1440. The van der Waals surface area contributed by atoms with Crippen LogP contribution >= 0.6 is 0 Å². The number of fused-ring (bicyclic) bond motifs is 1. The topological polar surface area (TPSA) is 145 Å². The molecule has 0 unspecified atom stereocenters. The van der Waals surface area contributed by atoms with E-state index in [9.17, 15) is 4.79 Å². The van der Waals surface area contributed by atoms with Gasteiger partial charge in [0.15, 0.2) is 17.5 Å². The van der Waals surface area contributed by atoms with Crippen molar-refractivity contribution in [2.24, 2.45) is 10.7 Å². The van der Waals surface area contributed by atoms with Crippen LogP contribution in [0.3, 0.4) is 0 Å². The number of methoxy groups -OCH3 is 1. The predicted molar refractivity (Wildman–Crippen MR) is 134 cm³/mol. The second-order valence-electron chi connectivity index (χ2n) is 7.63. The summed E-state index contributed by atoms with van der Waals surface area (Å²) in [5.41, 5.74) is 9.84. The van der Waals surface area contributed by atoms with Crippen molar-refractivity contribution in [3.63, 3.8) is 0 Å². The smallest absolute Gasteiger partial charge is 0.254 e. The zero-order chi connectivity index (χ0) is 24.9. The second kappa shape index (κ2) is 10.00. The van der Waals surface area contributed by atoms with Gasteiger partial charge >= 0.3 is 0 Å². The summed E-state index contributed by atoms with van der Waals surface area (Å²) in [6.45, 7) is 3.63. The molecule has 0 aliphatic rings. The fraction of sp³-hybridized carbons (Fsp3) is 0.167. The average molecular weight is 472 g/mol. The number of carbonyl (C=O) groups excluding carboxylic acids is 1. The number of aromatic nitrogens is 5. The van der Waals surface area contributed by atoms with Gasteiger partial charge in [0.2, 0.25) is 0 Å². The minimum atomic E-state index is -0.301. The highest BCUT2D eigenvalue weighted by atomic mass is 16.5. The Morgan fingerprint density at radius 1 is 1.17 bits per heavy atom. The maximum atomic E-state index is 12.4. The lowest BCUT2D eigenvalue weighted by Crippen LogP contribution is -2.18. The molecule has 0 aliphatic heterocycles. The van der Waals surface area contributed by atoms with Crippen molar-refractivity contribution in [1.29, 1.82) is 0 Å². The maximum Gasteiger partial charge on any atom is 0.254 e. The number of benzene rings is 1. The maximum absolute atomic E-state index is 12.4. The van der Waals surface area contributed by atoms with Crippen molar-refractivity contribution >= 4 is 40.0 Å². The van der Waals surface area contributed by atoms with Crippen LogP contribution in [0.25, 0.3) is 16.9 Å². The SMILES string of the molecule is CNC(=O)c1ccc(-n2cnc3cc(Nc4ccc(C)nn4)ccc32)nc1N=C(C)C=C(N)OC. The number of anilines is 2. The third-order valence-corrected chi connectivity index (χ3v) is 5.07. The zero-order valence-electron chi connectivity index (χ0n) is 19.8. The normalized spacial score (nSPS) is 12.0. The molecule has 0 saturated carbocycles. The van der Waals surface area contributed by atoms with Crippen LogP contribution in [0, 0.1) is 6.92 Å². The lowest BCUT2D eigenvalue weighted by Gasteiger charge is -2.09. The Morgan fingerprint density at radius 3 is 2.71 bits per heavy atom. The highest BCUT2D eigenvalue weighted by molar-refractivity contribution is 6.01. The molecule has 0 saturated heterocycles. The van der Waals surface area contributed by atoms with Crippen molar-refractivity contribution in [2.75, 3.05) is 19.5 Å². The van der Waals surface area contributed by atoms with Crippen LogP contribution in [0.1, 0.15) is 23.0 Å². The van der Waals surface area contributed by atoms with Crippen LogP contribution in [0.4, 0.5) is 17.3 Å². The van der Waals surface area contributed by atoms with E-state index in [1.165, 1.54) is 7.11 Å². The largest absolute Gasteiger partial charge is 0.483 e. The summed E-state index contributed by atoms with van der Waals surface area (Å²) < 4.78 is 6.80. The lowest BCUT2D eigenvalue weighted by molar-refractivity contribution is 0.0963. The molecule has 1 aromatic carbocycles. The Labute approximate surface area is 201 Å². The molecular weight excluding hydrogens is 446 g/mol. The van der Waals surface area contributed by atoms with E-state index < -0.39 is 0 Å². The van der Waals surface area contributed by atoms with E-state index >= 15 is 0 Å². The minimum Gasteiger partial charge on any atom is -0.483 e. The molecule has 3 aromatic heterocycles. The van der Waals surface area contributed by atoms with Crippen LogP contribution in [-0.4, -0.2) is 50.5 Å². The van der Waals surface area contributed by atoms with Crippen molar-refractivity contribution in [3.05, 3.63) is 72.0 Å². The third kappa shape index (κ3) is 5.24. The van der Waals surface area contributed by atoms with Crippen LogP contribution in [0.15, 0.2) is 65.7 Å². The molecule has 11 heteroatoms. The molecule has 0 fully saturated rings. The molecule has 0 radical (unpaired) electrons. The number of nitrogens with one attached hydrogen (secondary N) is 2. The number of nitrogens with two attached hydrogens (primary N) is 1.